The zero-order valence-electron chi connectivity index (χ0n) is 30.1. The zero-order chi connectivity index (χ0) is 37.9. The predicted octanol–water partition coefficient (Wildman–Crippen LogP) is 5.38. The highest BCUT2D eigenvalue weighted by Gasteiger charge is 2.33. The summed E-state index contributed by atoms with van der Waals surface area (Å²) in [5.41, 5.74) is 3.89. The summed E-state index contributed by atoms with van der Waals surface area (Å²) in [6.45, 7) is 8.48. The molecular weight excluding hydrogens is 717 g/mol. The van der Waals surface area contributed by atoms with E-state index in [1.807, 2.05) is 52.0 Å². The highest BCUT2D eigenvalue weighted by atomic mass is 32.2. The van der Waals surface area contributed by atoms with Crippen molar-refractivity contribution < 1.29 is 35.9 Å². The van der Waals surface area contributed by atoms with Crippen molar-refractivity contribution in [3.63, 3.8) is 0 Å². The average molecular weight is 761 g/mol. The maximum atomic E-state index is 13.1. The van der Waals surface area contributed by atoms with Crippen molar-refractivity contribution in [3.05, 3.63) is 119 Å². The number of ether oxygens (including phenoxy) is 2. The molecule has 280 valence electrons. The standard InChI is InChI=1S/C39H44N4O8S2/c1-26-22-42(23-27(2)50-26)52(46,47)36-17-9-32(10-18-36)38(44)40-34-13-5-30(6-14-34)21-31-7-15-35(16-8-31)41-39(45)33-11-19-37(20-12-33)53(48,49)43-24-28(3)51-29(4)25-43/h5-20,26-29H,21-25H2,1-4H3,(H,40,44)(H,41,45)/t26-,27-,28-,29+/m0/s1. The van der Waals surface area contributed by atoms with Gasteiger partial charge in [-0.15, -0.1) is 0 Å². The van der Waals surface area contributed by atoms with Crippen LogP contribution >= 0.6 is 0 Å². The molecule has 0 spiro atoms. The van der Waals surface area contributed by atoms with Gasteiger partial charge < -0.3 is 20.1 Å². The zero-order valence-corrected chi connectivity index (χ0v) is 31.7. The number of nitrogens with one attached hydrogen (secondary N) is 2. The van der Waals surface area contributed by atoms with E-state index in [4.69, 9.17) is 9.47 Å². The SMILES string of the molecule is C[C@@H]1CN(S(=O)(=O)c2ccc(C(=O)Nc3ccc(Cc4ccc(NC(=O)c5ccc(S(=O)(=O)N6C[C@H](C)O[C@@H](C)C6)cc5)cc4)cc3)cc2)C[C@H](C)O1. The lowest BCUT2D eigenvalue weighted by Crippen LogP contribution is -2.48. The molecule has 6 rings (SSSR count). The molecule has 14 heteroatoms. The molecule has 0 aromatic heterocycles. The third-order valence-corrected chi connectivity index (χ3v) is 12.8. The summed E-state index contributed by atoms with van der Waals surface area (Å²) in [4.78, 5) is 26.1. The molecule has 2 amide bonds. The van der Waals surface area contributed by atoms with Crippen LogP contribution in [0.3, 0.4) is 0 Å². The maximum Gasteiger partial charge on any atom is 0.255 e. The van der Waals surface area contributed by atoms with E-state index < -0.39 is 20.0 Å². The summed E-state index contributed by atoms with van der Waals surface area (Å²) in [7, 11) is -7.42. The predicted molar refractivity (Wildman–Crippen MR) is 202 cm³/mol. The van der Waals surface area contributed by atoms with E-state index in [2.05, 4.69) is 10.6 Å². The fraction of sp³-hybridized carbons (Fsp3) is 0.333. The number of nitrogens with zero attached hydrogens (tertiary/aromatic N) is 2. The van der Waals surface area contributed by atoms with Crippen molar-refractivity contribution in [1.82, 2.24) is 8.61 Å². The van der Waals surface area contributed by atoms with Crippen molar-refractivity contribution in [2.24, 2.45) is 0 Å². The number of anilines is 2. The first-order valence-electron chi connectivity index (χ1n) is 17.5. The maximum absolute atomic E-state index is 13.1. The summed E-state index contributed by atoms with van der Waals surface area (Å²) in [6, 6.07) is 26.7. The van der Waals surface area contributed by atoms with Crippen LogP contribution in [0.1, 0.15) is 59.5 Å². The monoisotopic (exact) mass is 760 g/mol. The lowest BCUT2D eigenvalue weighted by atomic mass is 10.0. The van der Waals surface area contributed by atoms with Gasteiger partial charge in [-0.25, -0.2) is 16.8 Å². The van der Waals surface area contributed by atoms with Gasteiger partial charge in [-0.2, -0.15) is 8.61 Å². The van der Waals surface area contributed by atoms with E-state index in [1.54, 1.807) is 24.3 Å². The number of rotatable bonds is 10. The topological polar surface area (TPSA) is 151 Å². The van der Waals surface area contributed by atoms with E-state index in [0.717, 1.165) is 11.1 Å². The molecule has 53 heavy (non-hydrogen) atoms. The third-order valence-electron chi connectivity index (χ3n) is 9.11. The molecule has 2 aliphatic rings. The molecular formula is C39H44N4O8S2. The molecule has 0 bridgehead atoms. The largest absolute Gasteiger partial charge is 0.373 e. The Morgan fingerprint density at radius 3 is 1.13 bits per heavy atom. The van der Waals surface area contributed by atoms with Gasteiger partial charge in [0.15, 0.2) is 0 Å². The van der Waals surface area contributed by atoms with Crippen LogP contribution in [0.2, 0.25) is 0 Å². The lowest BCUT2D eigenvalue weighted by Gasteiger charge is -2.34. The van der Waals surface area contributed by atoms with Gasteiger partial charge in [0.05, 0.1) is 34.2 Å². The summed E-state index contributed by atoms with van der Waals surface area (Å²) in [5, 5.41) is 5.72. The highest BCUT2D eigenvalue weighted by Crippen LogP contribution is 2.24. The van der Waals surface area contributed by atoms with Gasteiger partial charge in [-0.1, -0.05) is 24.3 Å². The normalized spacial score (nSPS) is 21.5. The lowest BCUT2D eigenvalue weighted by molar-refractivity contribution is -0.0442. The molecule has 2 saturated heterocycles. The van der Waals surface area contributed by atoms with Gasteiger partial charge >= 0.3 is 0 Å². The number of sulfonamides is 2. The Kier molecular flexibility index (Phi) is 11.5. The summed E-state index contributed by atoms with van der Waals surface area (Å²) >= 11 is 0. The number of amides is 2. The van der Waals surface area contributed by atoms with E-state index in [-0.39, 0.29) is 72.2 Å². The van der Waals surface area contributed by atoms with Gasteiger partial charge in [-0.05, 0) is 118 Å². The van der Waals surface area contributed by atoms with Crippen molar-refractivity contribution in [2.75, 3.05) is 36.8 Å². The second-order valence-electron chi connectivity index (χ2n) is 13.7. The van der Waals surface area contributed by atoms with Crippen molar-refractivity contribution in [1.29, 1.82) is 0 Å². The fourth-order valence-corrected chi connectivity index (χ4v) is 9.74. The third kappa shape index (κ3) is 9.21. The van der Waals surface area contributed by atoms with Crippen LogP contribution < -0.4 is 10.6 Å². The summed E-state index contributed by atoms with van der Waals surface area (Å²) in [5.74, 6) is -0.711. The molecule has 2 N–H and O–H groups in total. The van der Waals surface area contributed by atoms with Crippen molar-refractivity contribution in [2.45, 2.75) is 68.3 Å². The first kappa shape index (κ1) is 38.3. The van der Waals surface area contributed by atoms with Crippen LogP contribution in [-0.2, 0) is 35.9 Å². The van der Waals surface area contributed by atoms with Crippen LogP contribution in [0, 0.1) is 0 Å². The minimum atomic E-state index is -3.71. The van der Waals surface area contributed by atoms with Gasteiger partial charge in [0.2, 0.25) is 20.0 Å². The molecule has 2 heterocycles. The molecule has 0 aliphatic carbocycles. The first-order valence-corrected chi connectivity index (χ1v) is 20.4. The molecule has 12 nitrogen and oxygen atoms in total. The molecule has 4 atom stereocenters. The van der Waals surface area contributed by atoms with E-state index in [0.29, 0.717) is 28.9 Å². The Labute approximate surface area is 311 Å². The van der Waals surface area contributed by atoms with Crippen LogP contribution in [0.5, 0.6) is 0 Å². The summed E-state index contributed by atoms with van der Waals surface area (Å²) in [6.07, 6.45) is -0.180. The van der Waals surface area contributed by atoms with Crippen molar-refractivity contribution >= 4 is 43.2 Å². The first-order chi connectivity index (χ1) is 25.2. The Morgan fingerprint density at radius 1 is 0.528 bits per heavy atom. The molecule has 0 unspecified atom stereocenters. The quantitative estimate of drug-likeness (QED) is 0.219. The Bertz CT molecular complexity index is 1970. The number of carbonyl (C=O) groups excluding carboxylic acids is 2. The van der Waals surface area contributed by atoms with Gasteiger partial charge in [0.25, 0.3) is 11.8 Å². The second-order valence-corrected chi connectivity index (χ2v) is 17.6. The number of hydrogen-bond donors (Lipinski definition) is 2. The van der Waals surface area contributed by atoms with Gasteiger partial charge in [0.1, 0.15) is 0 Å². The van der Waals surface area contributed by atoms with Gasteiger partial charge in [-0.3, -0.25) is 9.59 Å². The van der Waals surface area contributed by atoms with Crippen LogP contribution in [0.4, 0.5) is 11.4 Å². The van der Waals surface area contributed by atoms with Crippen LogP contribution in [0.25, 0.3) is 0 Å². The Balaban J connectivity index is 0.998. The Hall–Kier alpha value is -4.44. The molecule has 4 aromatic carbocycles. The molecule has 4 aromatic rings. The van der Waals surface area contributed by atoms with Crippen molar-refractivity contribution in [3.8, 4) is 0 Å². The molecule has 0 radical (unpaired) electrons. The Morgan fingerprint density at radius 2 is 0.830 bits per heavy atom. The average Bonchev–Trinajstić information content (AvgIpc) is 3.12. The van der Waals surface area contributed by atoms with E-state index in [1.165, 1.54) is 57.1 Å². The molecule has 2 fully saturated rings. The van der Waals surface area contributed by atoms with E-state index in [9.17, 15) is 26.4 Å². The summed E-state index contributed by atoms with van der Waals surface area (Å²) < 4.78 is 66.7. The fourth-order valence-electron chi connectivity index (χ4n) is 6.56. The number of hydrogen-bond acceptors (Lipinski definition) is 8. The highest BCUT2D eigenvalue weighted by molar-refractivity contribution is 7.89. The molecule has 2 aliphatic heterocycles. The number of carbonyl (C=O) groups is 2. The number of benzene rings is 4. The molecule has 0 saturated carbocycles. The second kappa shape index (κ2) is 15.9. The minimum absolute atomic E-state index is 0.129. The minimum Gasteiger partial charge on any atom is -0.373 e. The van der Waals surface area contributed by atoms with Crippen LogP contribution in [-0.4, -0.2) is 87.9 Å². The number of morpholine rings is 2. The van der Waals surface area contributed by atoms with Crippen LogP contribution in [0.15, 0.2) is 107 Å². The smallest absolute Gasteiger partial charge is 0.255 e. The van der Waals surface area contributed by atoms with E-state index >= 15 is 0 Å². The van der Waals surface area contributed by atoms with Gasteiger partial charge in [0, 0.05) is 48.7 Å².